The SMILES string of the molecule is CC(=O)Nc1c(Cl)cc(C)cc1Cl. The first kappa shape index (κ1) is 10.4. The Morgan fingerprint density at radius 2 is 1.77 bits per heavy atom. The highest BCUT2D eigenvalue weighted by atomic mass is 35.5. The van der Waals surface area contributed by atoms with E-state index in [-0.39, 0.29) is 5.91 Å². The number of anilines is 1. The van der Waals surface area contributed by atoms with Crippen molar-refractivity contribution in [3.8, 4) is 0 Å². The van der Waals surface area contributed by atoms with Crippen molar-refractivity contribution in [2.24, 2.45) is 0 Å². The zero-order chi connectivity index (χ0) is 10.0. The van der Waals surface area contributed by atoms with Crippen LogP contribution in [-0.2, 0) is 4.79 Å². The molecule has 70 valence electrons. The molecule has 0 radical (unpaired) electrons. The van der Waals surface area contributed by atoms with Crippen LogP contribution in [0.4, 0.5) is 5.69 Å². The molecule has 0 atom stereocenters. The molecule has 0 aliphatic rings. The first-order valence-electron chi connectivity index (χ1n) is 3.74. The fraction of sp³-hybridized carbons (Fsp3) is 0.222. The van der Waals surface area contributed by atoms with Crippen LogP contribution in [0.3, 0.4) is 0 Å². The van der Waals surface area contributed by atoms with Crippen LogP contribution >= 0.6 is 23.2 Å². The van der Waals surface area contributed by atoms with Gasteiger partial charge in [0.1, 0.15) is 0 Å². The first-order valence-corrected chi connectivity index (χ1v) is 4.49. The molecule has 0 heterocycles. The Morgan fingerprint density at radius 1 is 1.31 bits per heavy atom. The zero-order valence-corrected chi connectivity index (χ0v) is 8.83. The van der Waals surface area contributed by atoms with Crippen LogP contribution in [0.2, 0.25) is 10.0 Å². The molecule has 1 amide bonds. The van der Waals surface area contributed by atoms with E-state index in [9.17, 15) is 4.79 Å². The summed E-state index contributed by atoms with van der Waals surface area (Å²) in [5.41, 5.74) is 1.44. The fourth-order valence-corrected chi connectivity index (χ4v) is 1.69. The van der Waals surface area contributed by atoms with Crippen LogP contribution in [-0.4, -0.2) is 5.91 Å². The number of halogens is 2. The van der Waals surface area contributed by atoms with Gasteiger partial charge in [0.15, 0.2) is 0 Å². The highest BCUT2D eigenvalue weighted by Crippen LogP contribution is 2.31. The van der Waals surface area contributed by atoms with Crippen LogP contribution in [0.15, 0.2) is 12.1 Å². The number of carbonyl (C=O) groups is 1. The topological polar surface area (TPSA) is 29.1 Å². The number of aryl methyl sites for hydroxylation is 1. The maximum Gasteiger partial charge on any atom is 0.221 e. The van der Waals surface area contributed by atoms with E-state index in [1.807, 2.05) is 6.92 Å². The molecule has 2 nitrogen and oxygen atoms in total. The summed E-state index contributed by atoms with van der Waals surface area (Å²) >= 11 is 11.8. The highest BCUT2D eigenvalue weighted by Gasteiger charge is 2.07. The molecular weight excluding hydrogens is 209 g/mol. The number of carbonyl (C=O) groups excluding carboxylic acids is 1. The van der Waals surface area contributed by atoms with Crippen LogP contribution in [0.25, 0.3) is 0 Å². The van der Waals surface area contributed by atoms with Crippen molar-refractivity contribution < 1.29 is 4.79 Å². The van der Waals surface area contributed by atoms with E-state index in [1.54, 1.807) is 12.1 Å². The second-order valence-corrected chi connectivity index (χ2v) is 3.60. The normalized spacial score (nSPS) is 9.85. The molecule has 1 aromatic carbocycles. The molecule has 0 bridgehead atoms. The molecule has 0 fully saturated rings. The molecule has 4 heteroatoms. The summed E-state index contributed by atoms with van der Waals surface area (Å²) in [6.07, 6.45) is 0. The van der Waals surface area contributed by atoms with Gasteiger partial charge in [0, 0.05) is 6.92 Å². The van der Waals surface area contributed by atoms with E-state index in [2.05, 4.69) is 5.32 Å². The molecule has 0 aliphatic carbocycles. The van der Waals surface area contributed by atoms with Crippen molar-refractivity contribution in [2.45, 2.75) is 13.8 Å². The van der Waals surface area contributed by atoms with Crippen molar-refractivity contribution >= 4 is 34.8 Å². The van der Waals surface area contributed by atoms with Gasteiger partial charge in [-0.1, -0.05) is 23.2 Å². The van der Waals surface area contributed by atoms with Gasteiger partial charge in [-0.05, 0) is 24.6 Å². The number of amides is 1. The summed E-state index contributed by atoms with van der Waals surface area (Å²) in [5, 5.41) is 3.48. The van der Waals surface area contributed by atoms with E-state index < -0.39 is 0 Å². The number of hydrogen-bond donors (Lipinski definition) is 1. The van der Waals surface area contributed by atoms with Gasteiger partial charge in [-0.15, -0.1) is 0 Å². The van der Waals surface area contributed by atoms with Gasteiger partial charge in [0.25, 0.3) is 0 Å². The molecule has 13 heavy (non-hydrogen) atoms. The lowest BCUT2D eigenvalue weighted by Crippen LogP contribution is -2.06. The fourth-order valence-electron chi connectivity index (χ4n) is 0.995. The van der Waals surface area contributed by atoms with E-state index in [4.69, 9.17) is 23.2 Å². The largest absolute Gasteiger partial charge is 0.324 e. The van der Waals surface area contributed by atoms with Crippen LogP contribution < -0.4 is 5.32 Å². The highest BCUT2D eigenvalue weighted by molar-refractivity contribution is 6.39. The third kappa shape index (κ3) is 2.61. The lowest BCUT2D eigenvalue weighted by molar-refractivity contribution is -0.114. The third-order valence-electron chi connectivity index (χ3n) is 1.49. The predicted molar refractivity (Wildman–Crippen MR) is 55.5 cm³/mol. The molecular formula is C9H9Cl2NO. The molecule has 1 aromatic rings. The van der Waals surface area contributed by atoms with E-state index >= 15 is 0 Å². The van der Waals surface area contributed by atoms with Crippen molar-refractivity contribution in [2.75, 3.05) is 5.32 Å². The summed E-state index contributed by atoms with van der Waals surface area (Å²) in [6, 6.07) is 3.50. The van der Waals surface area contributed by atoms with Gasteiger partial charge < -0.3 is 5.32 Å². The Hall–Kier alpha value is -0.730. The molecule has 0 saturated carbocycles. The summed E-state index contributed by atoms with van der Waals surface area (Å²) in [5.74, 6) is -0.187. The Morgan fingerprint density at radius 3 is 2.15 bits per heavy atom. The van der Waals surface area contributed by atoms with E-state index in [0.717, 1.165) is 5.56 Å². The number of hydrogen-bond acceptors (Lipinski definition) is 1. The minimum Gasteiger partial charge on any atom is -0.324 e. The maximum absolute atomic E-state index is 10.8. The molecule has 0 aromatic heterocycles. The Kier molecular flexibility index (Phi) is 3.17. The summed E-state index contributed by atoms with van der Waals surface area (Å²) in [7, 11) is 0. The van der Waals surface area contributed by atoms with Crippen molar-refractivity contribution in [3.05, 3.63) is 27.7 Å². The quantitative estimate of drug-likeness (QED) is 0.769. The van der Waals surface area contributed by atoms with Gasteiger partial charge in [-0.3, -0.25) is 4.79 Å². The van der Waals surface area contributed by atoms with Gasteiger partial charge in [-0.2, -0.15) is 0 Å². The monoisotopic (exact) mass is 217 g/mol. The average molecular weight is 218 g/mol. The molecule has 0 saturated heterocycles. The molecule has 0 unspecified atom stereocenters. The molecule has 0 aliphatic heterocycles. The minimum atomic E-state index is -0.187. The molecule has 0 spiro atoms. The van der Waals surface area contributed by atoms with E-state index in [1.165, 1.54) is 6.92 Å². The smallest absolute Gasteiger partial charge is 0.221 e. The van der Waals surface area contributed by atoms with Gasteiger partial charge >= 0.3 is 0 Å². The lowest BCUT2D eigenvalue weighted by Gasteiger charge is -2.07. The third-order valence-corrected chi connectivity index (χ3v) is 2.08. The Balaban J connectivity index is 3.13. The second kappa shape index (κ2) is 3.99. The van der Waals surface area contributed by atoms with Gasteiger partial charge in [0.2, 0.25) is 5.91 Å². The molecule has 1 N–H and O–H groups in total. The van der Waals surface area contributed by atoms with Crippen LogP contribution in [0, 0.1) is 6.92 Å². The zero-order valence-electron chi connectivity index (χ0n) is 7.32. The van der Waals surface area contributed by atoms with E-state index in [0.29, 0.717) is 15.7 Å². The maximum atomic E-state index is 10.8. The van der Waals surface area contributed by atoms with Crippen LogP contribution in [0.5, 0.6) is 0 Å². The van der Waals surface area contributed by atoms with Crippen molar-refractivity contribution in [3.63, 3.8) is 0 Å². The Labute approximate surface area is 86.8 Å². The number of rotatable bonds is 1. The molecule has 1 rings (SSSR count). The van der Waals surface area contributed by atoms with Gasteiger partial charge in [0.05, 0.1) is 15.7 Å². The summed E-state index contributed by atoms with van der Waals surface area (Å²) in [4.78, 5) is 10.8. The van der Waals surface area contributed by atoms with Crippen molar-refractivity contribution in [1.82, 2.24) is 0 Å². The van der Waals surface area contributed by atoms with Crippen molar-refractivity contribution in [1.29, 1.82) is 0 Å². The predicted octanol–water partition coefficient (Wildman–Crippen LogP) is 3.26. The Bertz CT molecular complexity index is 326. The minimum absolute atomic E-state index is 0.187. The first-order chi connectivity index (χ1) is 6.00. The number of nitrogens with one attached hydrogen (secondary N) is 1. The summed E-state index contributed by atoms with van der Waals surface area (Å²) in [6.45, 7) is 3.29. The average Bonchev–Trinajstić information content (AvgIpc) is 1.96. The second-order valence-electron chi connectivity index (χ2n) is 2.78. The number of benzene rings is 1. The van der Waals surface area contributed by atoms with Gasteiger partial charge in [-0.25, -0.2) is 0 Å². The lowest BCUT2D eigenvalue weighted by atomic mass is 10.2. The van der Waals surface area contributed by atoms with Crippen LogP contribution in [0.1, 0.15) is 12.5 Å². The summed E-state index contributed by atoms with van der Waals surface area (Å²) < 4.78 is 0. The standard InChI is InChI=1S/C9H9Cl2NO/c1-5-3-7(10)9(8(11)4-5)12-6(2)13/h3-4H,1-2H3,(H,12,13).